The van der Waals surface area contributed by atoms with E-state index < -0.39 is 0 Å². The Kier molecular flexibility index (Phi) is 5.49. The molecule has 2 heteroatoms. The highest BCUT2D eigenvalue weighted by atomic mass is 14.9. The highest BCUT2D eigenvalue weighted by Gasteiger charge is 2.10. The minimum absolute atomic E-state index is 0.351. The van der Waals surface area contributed by atoms with Gasteiger partial charge in [0.1, 0.15) is 0 Å². The monoisotopic (exact) mass is 234 g/mol. The molecule has 0 spiro atoms. The second kappa shape index (κ2) is 6.65. The Morgan fingerprint density at radius 1 is 1.12 bits per heavy atom. The van der Waals surface area contributed by atoms with Crippen LogP contribution in [0.2, 0.25) is 0 Å². The standard InChI is InChI=1S/C15H26N2/c1-5-12(4)13-6-8-14(9-7-13)17-15(10-16)11(2)3/h6-9,11-12,15,17H,5,10,16H2,1-4H3. The molecule has 2 atom stereocenters. The van der Waals surface area contributed by atoms with Crippen LogP contribution < -0.4 is 11.1 Å². The fraction of sp³-hybridized carbons (Fsp3) is 0.600. The lowest BCUT2D eigenvalue weighted by Gasteiger charge is -2.22. The van der Waals surface area contributed by atoms with Crippen molar-refractivity contribution in [3.8, 4) is 0 Å². The van der Waals surface area contributed by atoms with E-state index in [4.69, 9.17) is 5.73 Å². The maximum Gasteiger partial charge on any atom is 0.0406 e. The van der Waals surface area contributed by atoms with Crippen molar-refractivity contribution >= 4 is 5.69 Å². The zero-order valence-electron chi connectivity index (χ0n) is 11.5. The van der Waals surface area contributed by atoms with Crippen molar-refractivity contribution in [2.45, 2.75) is 46.1 Å². The quantitative estimate of drug-likeness (QED) is 0.789. The zero-order chi connectivity index (χ0) is 12.8. The summed E-state index contributed by atoms with van der Waals surface area (Å²) in [6, 6.07) is 9.10. The van der Waals surface area contributed by atoms with Crippen molar-refractivity contribution in [1.29, 1.82) is 0 Å². The number of hydrogen-bond donors (Lipinski definition) is 2. The molecule has 2 unspecified atom stereocenters. The Bertz CT molecular complexity index is 316. The molecule has 0 fully saturated rings. The summed E-state index contributed by atoms with van der Waals surface area (Å²) in [6.45, 7) is 9.54. The molecule has 0 radical (unpaired) electrons. The lowest BCUT2D eigenvalue weighted by atomic mass is 9.98. The summed E-state index contributed by atoms with van der Waals surface area (Å²) in [5.74, 6) is 1.19. The van der Waals surface area contributed by atoms with Gasteiger partial charge in [0.25, 0.3) is 0 Å². The van der Waals surface area contributed by atoms with Crippen LogP contribution in [0.15, 0.2) is 24.3 Å². The van der Waals surface area contributed by atoms with Gasteiger partial charge in [-0.3, -0.25) is 0 Å². The van der Waals surface area contributed by atoms with Gasteiger partial charge < -0.3 is 11.1 Å². The molecule has 0 aliphatic rings. The predicted octanol–water partition coefficient (Wildman–Crippen LogP) is 3.60. The van der Waals surface area contributed by atoms with Gasteiger partial charge in [-0.15, -0.1) is 0 Å². The van der Waals surface area contributed by atoms with Crippen LogP contribution in [0.25, 0.3) is 0 Å². The van der Waals surface area contributed by atoms with Crippen molar-refractivity contribution in [3.05, 3.63) is 29.8 Å². The molecule has 1 aromatic rings. The van der Waals surface area contributed by atoms with E-state index in [1.54, 1.807) is 0 Å². The van der Waals surface area contributed by atoms with Gasteiger partial charge in [0, 0.05) is 18.3 Å². The number of hydrogen-bond acceptors (Lipinski definition) is 2. The summed E-state index contributed by atoms with van der Waals surface area (Å²) in [7, 11) is 0. The van der Waals surface area contributed by atoms with E-state index >= 15 is 0 Å². The van der Waals surface area contributed by atoms with Crippen LogP contribution in [0.5, 0.6) is 0 Å². The second-order valence-corrected chi connectivity index (χ2v) is 5.16. The third kappa shape index (κ3) is 4.04. The minimum atomic E-state index is 0.351. The molecule has 3 N–H and O–H groups in total. The lowest BCUT2D eigenvalue weighted by molar-refractivity contribution is 0.531. The normalized spacial score (nSPS) is 14.7. The van der Waals surface area contributed by atoms with E-state index in [9.17, 15) is 0 Å². The lowest BCUT2D eigenvalue weighted by Crippen LogP contribution is -2.33. The first-order chi connectivity index (χ1) is 8.08. The van der Waals surface area contributed by atoms with Crippen molar-refractivity contribution in [2.24, 2.45) is 11.7 Å². The minimum Gasteiger partial charge on any atom is -0.381 e. The fourth-order valence-corrected chi connectivity index (χ4v) is 1.86. The zero-order valence-corrected chi connectivity index (χ0v) is 11.5. The first-order valence-electron chi connectivity index (χ1n) is 6.65. The van der Waals surface area contributed by atoms with Gasteiger partial charge in [0.2, 0.25) is 0 Å². The number of benzene rings is 1. The van der Waals surface area contributed by atoms with Crippen molar-refractivity contribution in [2.75, 3.05) is 11.9 Å². The Hall–Kier alpha value is -1.02. The van der Waals surface area contributed by atoms with E-state index in [0.717, 1.165) is 0 Å². The molecular formula is C15H26N2. The summed E-state index contributed by atoms with van der Waals surface area (Å²) in [5.41, 5.74) is 8.34. The van der Waals surface area contributed by atoms with E-state index in [1.807, 2.05) is 0 Å². The summed E-state index contributed by atoms with van der Waals surface area (Å²) in [6.07, 6.45) is 1.18. The Labute approximate surface area is 106 Å². The summed E-state index contributed by atoms with van der Waals surface area (Å²) < 4.78 is 0. The molecule has 0 bridgehead atoms. The first-order valence-corrected chi connectivity index (χ1v) is 6.65. The van der Waals surface area contributed by atoms with Gasteiger partial charge >= 0.3 is 0 Å². The van der Waals surface area contributed by atoms with Gasteiger partial charge in [-0.05, 0) is 36.0 Å². The van der Waals surface area contributed by atoms with E-state index in [2.05, 4.69) is 57.3 Å². The van der Waals surface area contributed by atoms with Crippen LogP contribution in [0.3, 0.4) is 0 Å². The van der Waals surface area contributed by atoms with Gasteiger partial charge in [-0.1, -0.05) is 39.8 Å². The van der Waals surface area contributed by atoms with Gasteiger partial charge in [-0.2, -0.15) is 0 Å². The van der Waals surface area contributed by atoms with Crippen LogP contribution in [-0.2, 0) is 0 Å². The van der Waals surface area contributed by atoms with Crippen LogP contribution in [-0.4, -0.2) is 12.6 Å². The maximum absolute atomic E-state index is 5.76. The van der Waals surface area contributed by atoms with E-state index in [0.29, 0.717) is 24.4 Å². The molecule has 17 heavy (non-hydrogen) atoms. The van der Waals surface area contributed by atoms with Gasteiger partial charge in [0.05, 0.1) is 0 Å². The molecular weight excluding hydrogens is 208 g/mol. The average Bonchev–Trinajstić information content (AvgIpc) is 2.35. The number of rotatable bonds is 6. The van der Waals surface area contributed by atoms with Crippen LogP contribution in [0.1, 0.15) is 45.6 Å². The molecule has 0 aromatic heterocycles. The number of nitrogens with one attached hydrogen (secondary N) is 1. The summed E-state index contributed by atoms with van der Waals surface area (Å²) in [4.78, 5) is 0. The molecule has 1 aromatic carbocycles. The topological polar surface area (TPSA) is 38.0 Å². The molecule has 0 aliphatic carbocycles. The summed E-state index contributed by atoms with van der Waals surface area (Å²) >= 11 is 0. The molecule has 0 aliphatic heterocycles. The van der Waals surface area contributed by atoms with Gasteiger partial charge in [-0.25, -0.2) is 0 Å². The van der Waals surface area contributed by atoms with Crippen molar-refractivity contribution < 1.29 is 0 Å². The van der Waals surface area contributed by atoms with Gasteiger partial charge in [0.15, 0.2) is 0 Å². The van der Waals surface area contributed by atoms with Crippen molar-refractivity contribution in [3.63, 3.8) is 0 Å². The highest BCUT2D eigenvalue weighted by Crippen LogP contribution is 2.21. The molecule has 2 nitrogen and oxygen atoms in total. The van der Waals surface area contributed by atoms with E-state index in [1.165, 1.54) is 17.7 Å². The van der Waals surface area contributed by atoms with Crippen LogP contribution in [0, 0.1) is 5.92 Å². The SMILES string of the molecule is CCC(C)c1ccc(NC(CN)C(C)C)cc1. The number of anilines is 1. The van der Waals surface area contributed by atoms with Crippen molar-refractivity contribution in [1.82, 2.24) is 0 Å². The largest absolute Gasteiger partial charge is 0.381 e. The molecule has 0 saturated carbocycles. The molecule has 0 saturated heterocycles. The predicted molar refractivity (Wildman–Crippen MR) is 76.5 cm³/mol. The van der Waals surface area contributed by atoms with Crippen LogP contribution in [0.4, 0.5) is 5.69 Å². The third-order valence-corrected chi connectivity index (χ3v) is 3.50. The Morgan fingerprint density at radius 3 is 2.12 bits per heavy atom. The molecule has 96 valence electrons. The molecule has 1 rings (SSSR count). The Morgan fingerprint density at radius 2 is 1.71 bits per heavy atom. The average molecular weight is 234 g/mol. The number of nitrogens with two attached hydrogens (primary N) is 1. The van der Waals surface area contributed by atoms with E-state index in [-0.39, 0.29) is 0 Å². The third-order valence-electron chi connectivity index (χ3n) is 3.50. The molecule has 0 amide bonds. The Balaban J connectivity index is 2.67. The smallest absolute Gasteiger partial charge is 0.0406 e. The summed E-state index contributed by atoms with van der Waals surface area (Å²) in [5, 5.41) is 3.49. The second-order valence-electron chi connectivity index (χ2n) is 5.16. The maximum atomic E-state index is 5.76. The molecule has 0 heterocycles. The first kappa shape index (κ1) is 14.0. The fourth-order valence-electron chi connectivity index (χ4n) is 1.86. The van der Waals surface area contributed by atoms with Crippen LogP contribution >= 0.6 is 0 Å². The highest BCUT2D eigenvalue weighted by molar-refractivity contribution is 5.46.